The van der Waals surface area contributed by atoms with Crippen molar-refractivity contribution in [3.8, 4) is 5.75 Å². The van der Waals surface area contributed by atoms with Crippen LogP contribution in [0, 0.1) is 0 Å². The summed E-state index contributed by atoms with van der Waals surface area (Å²) in [7, 11) is 0. The summed E-state index contributed by atoms with van der Waals surface area (Å²) in [4.78, 5) is 17.4. The van der Waals surface area contributed by atoms with Crippen molar-refractivity contribution < 1.29 is 19.5 Å². The molecular formula is C16H21NO4. The number of carbonyl (C=O) groups is 1. The predicted octanol–water partition coefficient (Wildman–Crippen LogP) is 2.46. The molecule has 1 fully saturated rings. The number of nitrogens with one attached hydrogen (secondary N) is 1. The van der Waals surface area contributed by atoms with Gasteiger partial charge >= 0.3 is 0 Å². The summed E-state index contributed by atoms with van der Waals surface area (Å²) >= 11 is 0. The van der Waals surface area contributed by atoms with Gasteiger partial charge in [-0.3, -0.25) is 4.79 Å². The van der Waals surface area contributed by atoms with Crippen LogP contribution < -0.4 is 5.48 Å². The zero-order chi connectivity index (χ0) is 14.7. The Bertz CT molecular complexity index is 523. The zero-order valence-electron chi connectivity index (χ0n) is 12.1. The van der Waals surface area contributed by atoms with Gasteiger partial charge in [-0.25, -0.2) is 10.3 Å². The molecule has 0 spiro atoms. The van der Waals surface area contributed by atoms with Crippen LogP contribution in [0.4, 0.5) is 0 Å². The van der Waals surface area contributed by atoms with E-state index in [1.807, 2.05) is 0 Å². The molecule has 2 N–H and O–H groups in total. The number of hydrogen-bond donors (Lipinski definition) is 2. The summed E-state index contributed by atoms with van der Waals surface area (Å²) in [5.41, 5.74) is 4.96. The van der Waals surface area contributed by atoms with Crippen molar-refractivity contribution in [1.29, 1.82) is 0 Å². The molecule has 0 bridgehead atoms. The van der Waals surface area contributed by atoms with E-state index in [-0.39, 0.29) is 17.6 Å². The van der Waals surface area contributed by atoms with Gasteiger partial charge in [-0.2, -0.15) is 0 Å². The van der Waals surface area contributed by atoms with Crippen molar-refractivity contribution in [2.24, 2.45) is 0 Å². The lowest BCUT2D eigenvalue weighted by atomic mass is 9.90. The molecule has 114 valence electrons. The highest BCUT2D eigenvalue weighted by Gasteiger charge is 2.20. The summed E-state index contributed by atoms with van der Waals surface area (Å²) in [5, 5.41) is 10.0. The number of phenols is 1. The maximum absolute atomic E-state index is 12.1. The normalized spacial score (nSPS) is 21.6. The summed E-state index contributed by atoms with van der Waals surface area (Å²) in [6.07, 6.45) is 6.65. The third-order valence-corrected chi connectivity index (χ3v) is 4.13. The van der Waals surface area contributed by atoms with Crippen LogP contribution >= 0.6 is 0 Å². The topological polar surface area (TPSA) is 67.8 Å². The van der Waals surface area contributed by atoms with Gasteiger partial charge in [0.25, 0.3) is 5.91 Å². The van der Waals surface area contributed by atoms with Crippen LogP contribution in [-0.2, 0) is 22.4 Å². The Hall–Kier alpha value is -1.59. The lowest BCUT2D eigenvalue weighted by molar-refractivity contribution is -0.186. The van der Waals surface area contributed by atoms with Gasteiger partial charge < -0.3 is 9.84 Å². The number of amides is 1. The van der Waals surface area contributed by atoms with Crippen molar-refractivity contribution >= 4 is 5.91 Å². The van der Waals surface area contributed by atoms with E-state index in [1.54, 1.807) is 12.1 Å². The van der Waals surface area contributed by atoms with Crippen LogP contribution in [0.15, 0.2) is 12.1 Å². The Balaban J connectivity index is 1.66. The van der Waals surface area contributed by atoms with Gasteiger partial charge in [-0.15, -0.1) is 0 Å². The number of aromatic hydroxyl groups is 1. The second kappa shape index (κ2) is 6.45. The highest BCUT2D eigenvalue weighted by Crippen LogP contribution is 2.28. The molecule has 1 aliphatic heterocycles. The first kappa shape index (κ1) is 14.4. The standard InChI is InChI=1S/C16H21NO4/c18-14-10-12-6-2-1-5-11(12)9-13(14)16(19)17-21-15-7-3-4-8-20-15/h9-10,15,18H,1-8H2,(H,17,19)/t15-/m1/s1. The van der Waals surface area contributed by atoms with E-state index in [0.717, 1.165) is 56.1 Å². The molecule has 21 heavy (non-hydrogen) atoms. The molecule has 1 heterocycles. The second-order valence-corrected chi connectivity index (χ2v) is 5.69. The molecule has 5 nitrogen and oxygen atoms in total. The molecule has 1 aromatic rings. The van der Waals surface area contributed by atoms with E-state index in [1.165, 1.54) is 0 Å². The fraction of sp³-hybridized carbons (Fsp3) is 0.562. The van der Waals surface area contributed by atoms with E-state index in [4.69, 9.17) is 9.57 Å². The van der Waals surface area contributed by atoms with E-state index >= 15 is 0 Å². The zero-order valence-corrected chi connectivity index (χ0v) is 12.1. The summed E-state index contributed by atoms with van der Waals surface area (Å²) in [5.74, 6) is -0.406. The van der Waals surface area contributed by atoms with Gasteiger partial charge in [0.05, 0.1) is 5.56 Å². The minimum atomic E-state index is -0.421. The van der Waals surface area contributed by atoms with Gasteiger partial charge in [-0.1, -0.05) is 0 Å². The van der Waals surface area contributed by atoms with Crippen LogP contribution in [0.1, 0.15) is 53.6 Å². The molecule has 2 aliphatic rings. The number of aryl methyl sites for hydroxylation is 2. The summed E-state index contributed by atoms with van der Waals surface area (Å²) in [6.45, 7) is 0.657. The van der Waals surface area contributed by atoms with Gasteiger partial charge in [-0.05, 0) is 61.8 Å². The van der Waals surface area contributed by atoms with Crippen LogP contribution in [0.2, 0.25) is 0 Å². The Labute approximate surface area is 124 Å². The number of carbonyl (C=O) groups excluding carboxylic acids is 1. The first-order valence-electron chi connectivity index (χ1n) is 7.66. The van der Waals surface area contributed by atoms with Crippen molar-refractivity contribution in [3.05, 3.63) is 28.8 Å². The Morgan fingerprint density at radius 1 is 1.19 bits per heavy atom. The Morgan fingerprint density at radius 2 is 1.95 bits per heavy atom. The number of fused-ring (bicyclic) bond motifs is 1. The molecule has 1 aliphatic carbocycles. The van der Waals surface area contributed by atoms with Crippen LogP contribution in [-0.4, -0.2) is 23.9 Å². The smallest absolute Gasteiger partial charge is 0.278 e. The third-order valence-electron chi connectivity index (χ3n) is 4.13. The molecule has 1 saturated heterocycles. The van der Waals surface area contributed by atoms with Crippen LogP contribution in [0.25, 0.3) is 0 Å². The summed E-state index contributed by atoms with van der Waals surface area (Å²) in [6, 6.07) is 3.49. The number of hydrogen-bond acceptors (Lipinski definition) is 4. The number of rotatable bonds is 3. The SMILES string of the molecule is O=C(NO[C@@H]1CCCCO1)c1cc2c(cc1O)CCCC2. The van der Waals surface area contributed by atoms with Crippen LogP contribution in [0.5, 0.6) is 5.75 Å². The van der Waals surface area contributed by atoms with E-state index in [2.05, 4.69) is 5.48 Å². The molecule has 3 rings (SSSR count). The van der Waals surface area contributed by atoms with Gasteiger partial charge in [0.15, 0.2) is 6.29 Å². The fourth-order valence-corrected chi connectivity index (χ4v) is 2.93. The highest BCUT2D eigenvalue weighted by atomic mass is 16.8. The van der Waals surface area contributed by atoms with Gasteiger partial charge in [0, 0.05) is 13.0 Å². The minimum absolute atomic E-state index is 0.0151. The number of phenolic OH excluding ortho intramolecular Hbond substituents is 1. The lowest BCUT2D eigenvalue weighted by Gasteiger charge is -2.22. The molecule has 0 radical (unpaired) electrons. The number of ether oxygens (including phenoxy) is 1. The molecule has 1 amide bonds. The maximum Gasteiger partial charge on any atom is 0.278 e. The number of benzene rings is 1. The largest absolute Gasteiger partial charge is 0.507 e. The predicted molar refractivity (Wildman–Crippen MR) is 76.9 cm³/mol. The Morgan fingerprint density at radius 3 is 2.67 bits per heavy atom. The van der Waals surface area contributed by atoms with Gasteiger partial charge in [0.1, 0.15) is 5.75 Å². The van der Waals surface area contributed by atoms with E-state index in [0.29, 0.717) is 6.61 Å². The molecule has 1 aromatic carbocycles. The summed E-state index contributed by atoms with van der Waals surface area (Å²) < 4.78 is 5.39. The molecule has 0 aromatic heterocycles. The molecular weight excluding hydrogens is 270 g/mol. The minimum Gasteiger partial charge on any atom is -0.507 e. The Kier molecular flexibility index (Phi) is 4.41. The van der Waals surface area contributed by atoms with Crippen molar-refractivity contribution in [1.82, 2.24) is 5.48 Å². The second-order valence-electron chi connectivity index (χ2n) is 5.69. The molecule has 0 saturated carbocycles. The van der Waals surface area contributed by atoms with E-state index in [9.17, 15) is 9.90 Å². The maximum atomic E-state index is 12.1. The average molecular weight is 291 g/mol. The highest BCUT2D eigenvalue weighted by molar-refractivity contribution is 5.96. The van der Waals surface area contributed by atoms with Crippen molar-refractivity contribution in [2.45, 2.75) is 51.2 Å². The van der Waals surface area contributed by atoms with Gasteiger partial charge in [0.2, 0.25) is 0 Å². The van der Waals surface area contributed by atoms with Crippen molar-refractivity contribution in [3.63, 3.8) is 0 Å². The van der Waals surface area contributed by atoms with Crippen LogP contribution in [0.3, 0.4) is 0 Å². The molecule has 1 atom stereocenters. The monoisotopic (exact) mass is 291 g/mol. The molecule has 0 unspecified atom stereocenters. The fourth-order valence-electron chi connectivity index (χ4n) is 2.93. The molecule has 5 heteroatoms. The third kappa shape index (κ3) is 3.36. The average Bonchev–Trinajstić information content (AvgIpc) is 2.53. The van der Waals surface area contributed by atoms with Crippen molar-refractivity contribution in [2.75, 3.05) is 6.61 Å². The number of hydroxylamine groups is 1. The quantitative estimate of drug-likeness (QED) is 0.839. The first-order chi connectivity index (χ1) is 10.2. The van der Waals surface area contributed by atoms with E-state index < -0.39 is 5.91 Å². The first-order valence-corrected chi connectivity index (χ1v) is 7.66. The lowest BCUT2D eigenvalue weighted by Crippen LogP contribution is -2.33.